The second kappa shape index (κ2) is 8.87. The molecule has 0 aliphatic carbocycles. The zero-order valence-electron chi connectivity index (χ0n) is 16.8. The monoisotopic (exact) mass is 376 g/mol. The molecule has 1 aromatic heterocycles. The molecule has 1 amide bonds. The molecule has 0 bridgehead atoms. The van der Waals surface area contributed by atoms with Gasteiger partial charge in [0.2, 0.25) is 5.91 Å². The number of H-pyrrole nitrogens is 1. The third kappa shape index (κ3) is 4.50. The van der Waals surface area contributed by atoms with E-state index in [4.69, 9.17) is 0 Å². The van der Waals surface area contributed by atoms with Crippen molar-refractivity contribution in [3.8, 4) is 11.3 Å². The highest BCUT2D eigenvalue weighted by Crippen LogP contribution is 2.28. The Kier molecular flexibility index (Phi) is 6.30. The molecular weight excluding hydrogens is 348 g/mol. The summed E-state index contributed by atoms with van der Waals surface area (Å²) in [4.78, 5) is 26.8. The molecule has 2 aromatic carbocycles. The van der Waals surface area contributed by atoms with Crippen molar-refractivity contribution < 1.29 is 9.59 Å². The Balaban J connectivity index is 1.75. The molecule has 4 nitrogen and oxygen atoms in total. The van der Waals surface area contributed by atoms with Crippen LogP contribution in [-0.4, -0.2) is 17.2 Å². The number of benzene rings is 2. The number of aryl methyl sites for hydroxylation is 1. The minimum Gasteiger partial charge on any atom is -0.355 e. The van der Waals surface area contributed by atoms with Crippen molar-refractivity contribution >= 4 is 28.8 Å². The Morgan fingerprint density at radius 2 is 1.96 bits per heavy atom. The molecule has 28 heavy (non-hydrogen) atoms. The van der Waals surface area contributed by atoms with Gasteiger partial charge in [0.1, 0.15) is 6.29 Å². The van der Waals surface area contributed by atoms with Crippen LogP contribution >= 0.6 is 0 Å². The Labute approximate surface area is 166 Å². The van der Waals surface area contributed by atoms with Crippen LogP contribution in [0.2, 0.25) is 0 Å². The smallest absolute Gasteiger partial charge is 0.227 e. The van der Waals surface area contributed by atoms with Crippen molar-refractivity contribution in [3.05, 3.63) is 53.6 Å². The number of aldehydes is 1. The Morgan fingerprint density at radius 1 is 1.14 bits per heavy atom. The Bertz CT molecular complexity index is 987. The largest absolute Gasteiger partial charge is 0.355 e. The lowest BCUT2D eigenvalue weighted by Gasteiger charge is -2.14. The van der Waals surface area contributed by atoms with E-state index in [2.05, 4.69) is 23.3 Å². The SMILES string of the molecule is CCCCCC(C)C(=O)Nc1ccc(-c2cc3cc(C=O)ccc3[nH]2)cc1C. The lowest BCUT2D eigenvalue weighted by molar-refractivity contribution is -0.119. The number of carbonyl (C=O) groups excluding carboxylic acids is 2. The zero-order chi connectivity index (χ0) is 20.1. The van der Waals surface area contributed by atoms with Crippen LogP contribution in [-0.2, 0) is 4.79 Å². The first-order chi connectivity index (χ1) is 13.5. The number of anilines is 1. The number of nitrogens with one attached hydrogen (secondary N) is 2. The van der Waals surface area contributed by atoms with E-state index in [1.807, 2.05) is 44.2 Å². The number of aromatic nitrogens is 1. The van der Waals surface area contributed by atoms with Gasteiger partial charge in [-0.3, -0.25) is 9.59 Å². The minimum atomic E-state index is 0.0198. The number of fused-ring (bicyclic) bond motifs is 1. The predicted molar refractivity (Wildman–Crippen MR) is 116 cm³/mol. The molecule has 0 saturated heterocycles. The summed E-state index contributed by atoms with van der Waals surface area (Å²) >= 11 is 0. The maximum atomic E-state index is 12.4. The van der Waals surface area contributed by atoms with E-state index in [0.717, 1.165) is 52.5 Å². The molecule has 0 aliphatic heterocycles. The fourth-order valence-corrected chi connectivity index (χ4v) is 3.44. The molecule has 1 unspecified atom stereocenters. The fourth-order valence-electron chi connectivity index (χ4n) is 3.44. The predicted octanol–water partition coefficient (Wildman–Crippen LogP) is 6.11. The standard InChI is InChI=1S/C24H28N2O2/c1-4-5-6-7-16(2)24(28)26-21-11-9-19(12-17(21)3)23-14-20-13-18(15-27)8-10-22(20)25-23/h8-16,25H,4-7H2,1-3H3,(H,26,28). The van der Waals surface area contributed by atoms with Gasteiger partial charge in [0.05, 0.1) is 0 Å². The molecular formula is C24H28N2O2. The van der Waals surface area contributed by atoms with E-state index in [9.17, 15) is 9.59 Å². The van der Waals surface area contributed by atoms with Crippen LogP contribution in [0.1, 0.15) is 55.5 Å². The number of aromatic amines is 1. The molecule has 2 N–H and O–H groups in total. The van der Waals surface area contributed by atoms with Crippen molar-refractivity contribution in [2.75, 3.05) is 5.32 Å². The molecule has 1 atom stereocenters. The van der Waals surface area contributed by atoms with Crippen LogP contribution in [0.4, 0.5) is 5.69 Å². The van der Waals surface area contributed by atoms with E-state index in [1.54, 1.807) is 6.07 Å². The molecule has 4 heteroatoms. The summed E-state index contributed by atoms with van der Waals surface area (Å²) in [6.07, 6.45) is 5.21. The van der Waals surface area contributed by atoms with E-state index < -0.39 is 0 Å². The molecule has 3 rings (SSSR count). The summed E-state index contributed by atoms with van der Waals surface area (Å²) in [7, 11) is 0. The van der Waals surface area contributed by atoms with Gasteiger partial charge in [0.25, 0.3) is 0 Å². The van der Waals surface area contributed by atoms with Gasteiger partial charge in [0.15, 0.2) is 0 Å². The van der Waals surface area contributed by atoms with Crippen LogP contribution < -0.4 is 5.32 Å². The summed E-state index contributed by atoms with van der Waals surface area (Å²) < 4.78 is 0. The highest BCUT2D eigenvalue weighted by atomic mass is 16.1. The first-order valence-electron chi connectivity index (χ1n) is 10.0. The van der Waals surface area contributed by atoms with E-state index in [0.29, 0.717) is 5.56 Å². The van der Waals surface area contributed by atoms with Crippen molar-refractivity contribution in [1.82, 2.24) is 4.98 Å². The van der Waals surface area contributed by atoms with Gasteiger partial charge in [-0.05, 0) is 60.9 Å². The first-order valence-corrected chi connectivity index (χ1v) is 10.0. The van der Waals surface area contributed by atoms with Crippen molar-refractivity contribution in [2.45, 2.75) is 46.5 Å². The van der Waals surface area contributed by atoms with E-state index >= 15 is 0 Å². The summed E-state index contributed by atoms with van der Waals surface area (Å²) in [5.74, 6) is 0.102. The second-order valence-corrected chi connectivity index (χ2v) is 7.56. The van der Waals surface area contributed by atoms with Crippen molar-refractivity contribution in [3.63, 3.8) is 0 Å². The number of hydrogen-bond acceptors (Lipinski definition) is 2. The fraction of sp³-hybridized carbons (Fsp3) is 0.333. The quantitative estimate of drug-likeness (QED) is 0.368. The van der Waals surface area contributed by atoms with Crippen LogP contribution in [0.15, 0.2) is 42.5 Å². The summed E-state index contributed by atoms with van der Waals surface area (Å²) in [6.45, 7) is 6.17. The first kappa shape index (κ1) is 19.9. The van der Waals surface area contributed by atoms with Gasteiger partial charge in [-0.25, -0.2) is 0 Å². The van der Waals surface area contributed by atoms with Gasteiger partial charge in [-0.1, -0.05) is 39.2 Å². The van der Waals surface area contributed by atoms with Gasteiger partial charge in [-0.15, -0.1) is 0 Å². The lowest BCUT2D eigenvalue weighted by Crippen LogP contribution is -2.20. The summed E-state index contributed by atoms with van der Waals surface area (Å²) in [5.41, 5.74) is 5.59. The highest BCUT2D eigenvalue weighted by Gasteiger charge is 2.14. The zero-order valence-corrected chi connectivity index (χ0v) is 16.8. The maximum Gasteiger partial charge on any atom is 0.227 e. The van der Waals surface area contributed by atoms with Crippen LogP contribution in [0, 0.1) is 12.8 Å². The Morgan fingerprint density at radius 3 is 2.68 bits per heavy atom. The molecule has 3 aromatic rings. The summed E-state index contributed by atoms with van der Waals surface area (Å²) in [6, 6.07) is 13.7. The van der Waals surface area contributed by atoms with Gasteiger partial charge < -0.3 is 10.3 Å². The normalized spacial score (nSPS) is 12.1. The van der Waals surface area contributed by atoms with Gasteiger partial charge in [0, 0.05) is 33.8 Å². The highest BCUT2D eigenvalue weighted by molar-refractivity contribution is 5.94. The molecule has 146 valence electrons. The Hall–Kier alpha value is -2.88. The molecule has 1 heterocycles. The number of unbranched alkanes of at least 4 members (excludes halogenated alkanes) is 2. The molecule has 0 aliphatic rings. The van der Waals surface area contributed by atoms with Crippen LogP contribution in [0.5, 0.6) is 0 Å². The van der Waals surface area contributed by atoms with E-state index in [1.165, 1.54) is 12.8 Å². The van der Waals surface area contributed by atoms with Crippen molar-refractivity contribution in [2.24, 2.45) is 5.92 Å². The van der Waals surface area contributed by atoms with E-state index in [-0.39, 0.29) is 11.8 Å². The number of amides is 1. The number of rotatable bonds is 8. The van der Waals surface area contributed by atoms with Crippen LogP contribution in [0.25, 0.3) is 22.2 Å². The molecule has 0 fully saturated rings. The third-order valence-electron chi connectivity index (χ3n) is 5.26. The minimum absolute atomic E-state index is 0.0198. The molecule has 0 saturated carbocycles. The third-order valence-corrected chi connectivity index (χ3v) is 5.26. The average Bonchev–Trinajstić information content (AvgIpc) is 3.12. The molecule has 0 radical (unpaired) electrons. The average molecular weight is 377 g/mol. The van der Waals surface area contributed by atoms with Crippen LogP contribution in [0.3, 0.4) is 0 Å². The van der Waals surface area contributed by atoms with Crippen molar-refractivity contribution in [1.29, 1.82) is 0 Å². The second-order valence-electron chi connectivity index (χ2n) is 7.56. The molecule has 0 spiro atoms. The topological polar surface area (TPSA) is 62.0 Å². The summed E-state index contributed by atoms with van der Waals surface area (Å²) in [5, 5.41) is 4.08. The number of hydrogen-bond donors (Lipinski definition) is 2. The van der Waals surface area contributed by atoms with Gasteiger partial charge >= 0.3 is 0 Å². The van der Waals surface area contributed by atoms with Gasteiger partial charge in [-0.2, -0.15) is 0 Å². The maximum absolute atomic E-state index is 12.4. The lowest BCUT2D eigenvalue weighted by atomic mass is 10.0. The number of carbonyl (C=O) groups is 2.